The van der Waals surface area contributed by atoms with Gasteiger partial charge in [0.2, 0.25) is 0 Å². The molecule has 1 aromatic heterocycles. The average molecular weight is 425 g/mol. The molecular formula is C19H25F2N5O4. The molecule has 0 saturated heterocycles. The predicted molar refractivity (Wildman–Crippen MR) is 107 cm³/mol. The van der Waals surface area contributed by atoms with Crippen molar-refractivity contribution in [3.8, 4) is 11.5 Å². The van der Waals surface area contributed by atoms with Gasteiger partial charge < -0.3 is 20.3 Å². The molecule has 1 unspecified atom stereocenters. The van der Waals surface area contributed by atoms with Gasteiger partial charge in [0.25, 0.3) is 5.91 Å². The van der Waals surface area contributed by atoms with Gasteiger partial charge in [0.05, 0.1) is 32.2 Å². The number of aliphatic hydroxyl groups excluding tert-OH is 1. The molecule has 2 aromatic rings. The van der Waals surface area contributed by atoms with Crippen LogP contribution in [-0.2, 0) is 6.54 Å². The van der Waals surface area contributed by atoms with Gasteiger partial charge in [-0.2, -0.15) is 19.0 Å². The summed E-state index contributed by atoms with van der Waals surface area (Å²) in [7, 11) is 1.32. The van der Waals surface area contributed by atoms with E-state index in [1.165, 1.54) is 42.4 Å². The van der Waals surface area contributed by atoms with Gasteiger partial charge >= 0.3 is 6.61 Å². The topological polar surface area (TPSA) is 124 Å². The number of carbonyl (C=O) groups excluding carboxylic acids is 1. The Morgan fingerprint density at radius 2 is 2.20 bits per heavy atom. The highest BCUT2D eigenvalue weighted by atomic mass is 19.3. The summed E-state index contributed by atoms with van der Waals surface area (Å²) >= 11 is 0. The van der Waals surface area contributed by atoms with Crippen molar-refractivity contribution >= 4 is 17.9 Å². The summed E-state index contributed by atoms with van der Waals surface area (Å²) < 4.78 is 35.4. The number of alkyl halides is 2. The number of unbranched alkanes of at least 4 members (excludes halogenated alkanes) is 1. The number of anilines is 1. The van der Waals surface area contributed by atoms with Gasteiger partial charge in [0.15, 0.2) is 11.5 Å². The van der Waals surface area contributed by atoms with Crippen LogP contribution in [0.5, 0.6) is 11.5 Å². The van der Waals surface area contributed by atoms with Gasteiger partial charge in [0, 0.05) is 0 Å². The van der Waals surface area contributed by atoms with Crippen LogP contribution >= 0.6 is 0 Å². The number of benzene rings is 1. The monoisotopic (exact) mass is 425 g/mol. The number of aromatic nitrogens is 2. The van der Waals surface area contributed by atoms with E-state index in [4.69, 9.17) is 10.5 Å². The Morgan fingerprint density at radius 1 is 1.43 bits per heavy atom. The Bertz CT molecular complexity index is 873. The fourth-order valence-electron chi connectivity index (χ4n) is 2.63. The lowest BCUT2D eigenvalue weighted by molar-refractivity contribution is -0.0512. The lowest BCUT2D eigenvalue weighted by atomic mass is 10.1. The van der Waals surface area contributed by atoms with Crippen LogP contribution in [0.25, 0.3) is 0 Å². The highest BCUT2D eigenvalue weighted by Gasteiger charge is 2.17. The van der Waals surface area contributed by atoms with Crippen molar-refractivity contribution in [1.82, 2.24) is 15.2 Å². The number of aliphatic hydroxyl groups is 1. The van der Waals surface area contributed by atoms with E-state index in [2.05, 4.69) is 20.4 Å². The fraction of sp³-hybridized carbons (Fsp3) is 0.421. The van der Waals surface area contributed by atoms with Gasteiger partial charge in [-0.1, -0.05) is 19.8 Å². The molecule has 1 atom stereocenters. The first-order chi connectivity index (χ1) is 14.3. The van der Waals surface area contributed by atoms with Gasteiger partial charge in [-0.3, -0.25) is 4.79 Å². The molecule has 0 fully saturated rings. The molecule has 30 heavy (non-hydrogen) atoms. The minimum Gasteiger partial charge on any atom is -0.493 e. The largest absolute Gasteiger partial charge is 0.493 e. The number of halogens is 2. The number of hydrogen-bond acceptors (Lipinski definition) is 7. The molecule has 0 radical (unpaired) electrons. The van der Waals surface area contributed by atoms with E-state index in [0.29, 0.717) is 12.0 Å². The van der Waals surface area contributed by atoms with Crippen LogP contribution in [0.15, 0.2) is 29.5 Å². The van der Waals surface area contributed by atoms with Crippen LogP contribution < -0.4 is 20.6 Å². The molecule has 0 aliphatic rings. The van der Waals surface area contributed by atoms with Crippen LogP contribution in [-0.4, -0.2) is 46.8 Å². The van der Waals surface area contributed by atoms with E-state index in [1.807, 2.05) is 6.92 Å². The summed E-state index contributed by atoms with van der Waals surface area (Å²) in [5.74, 6) is -0.483. The van der Waals surface area contributed by atoms with Crippen LogP contribution in [0, 0.1) is 0 Å². The minimum atomic E-state index is -2.98. The maximum absolute atomic E-state index is 12.4. The third kappa shape index (κ3) is 6.41. The Balaban J connectivity index is 1.99. The zero-order chi connectivity index (χ0) is 22.1. The number of ether oxygens (including phenoxy) is 2. The van der Waals surface area contributed by atoms with E-state index < -0.39 is 18.6 Å². The highest BCUT2D eigenvalue weighted by Crippen LogP contribution is 2.28. The second-order valence-electron chi connectivity index (χ2n) is 6.41. The van der Waals surface area contributed by atoms with Crippen molar-refractivity contribution in [3.05, 3.63) is 35.5 Å². The summed E-state index contributed by atoms with van der Waals surface area (Å²) in [5, 5.41) is 17.8. The van der Waals surface area contributed by atoms with E-state index in [-0.39, 0.29) is 29.4 Å². The third-order valence-electron chi connectivity index (χ3n) is 4.18. The lowest BCUT2D eigenvalue weighted by Gasteiger charge is -2.11. The quantitative estimate of drug-likeness (QED) is 0.375. The Kier molecular flexibility index (Phi) is 8.54. The number of hydrogen-bond donors (Lipinski definition) is 3. The van der Waals surface area contributed by atoms with E-state index in [9.17, 15) is 18.7 Å². The number of rotatable bonds is 11. The number of amides is 1. The van der Waals surface area contributed by atoms with Gasteiger partial charge in [-0.15, -0.1) is 0 Å². The molecule has 4 N–H and O–H groups in total. The molecule has 1 aromatic carbocycles. The third-order valence-corrected chi connectivity index (χ3v) is 4.18. The summed E-state index contributed by atoms with van der Waals surface area (Å²) in [4.78, 5) is 12.3. The Hall–Kier alpha value is -3.21. The zero-order valence-corrected chi connectivity index (χ0v) is 16.7. The number of hydrazone groups is 1. The smallest absolute Gasteiger partial charge is 0.387 e. The average Bonchev–Trinajstić information content (AvgIpc) is 3.07. The molecule has 1 amide bonds. The van der Waals surface area contributed by atoms with Gasteiger partial charge in [-0.05, 0) is 30.2 Å². The maximum Gasteiger partial charge on any atom is 0.387 e. The summed E-state index contributed by atoms with van der Waals surface area (Å²) in [6.45, 7) is -0.758. The maximum atomic E-state index is 12.4. The SMILES string of the molecule is CCCCC(O)Cn1ncc(C(=O)N/N=C\c2ccc(OC(F)F)c(OC)c2)c1N. The molecule has 0 aliphatic carbocycles. The molecule has 0 aliphatic heterocycles. The summed E-state index contributed by atoms with van der Waals surface area (Å²) in [5.41, 5.74) is 8.86. The van der Waals surface area contributed by atoms with Gasteiger partial charge in [0.1, 0.15) is 11.4 Å². The molecule has 0 spiro atoms. The lowest BCUT2D eigenvalue weighted by Crippen LogP contribution is -2.21. The van der Waals surface area contributed by atoms with Crippen LogP contribution in [0.3, 0.4) is 0 Å². The highest BCUT2D eigenvalue weighted by molar-refractivity contribution is 5.98. The molecule has 9 nitrogen and oxygen atoms in total. The molecule has 2 rings (SSSR count). The zero-order valence-electron chi connectivity index (χ0n) is 16.7. The van der Waals surface area contributed by atoms with E-state index >= 15 is 0 Å². The van der Waals surface area contributed by atoms with Crippen molar-refractivity contribution in [1.29, 1.82) is 0 Å². The Morgan fingerprint density at radius 3 is 2.87 bits per heavy atom. The number of nitrogen functional groups attached to an aromatic ring is 1. The first-order valence-electron chi connectivity index (χ1n) is 9.31. The molecule has 1 heterocycles. The summed E-state index contributed by atoms with van der Waals surface area (Å²) in [6, 6.07) is 4.21. The second kappa shape index (κ2) is 11.1. The van der Waals surface area contributed by atoms with Crippen LogP contribution in [0.1, 0.15) is 42.1 Å². The normalized spacial score (nSPS) is 12.3. The number of nitrogens with zero attached hydrogens (tertiary/aromatic N) is 3. The standard InChI is InChI=1S/C19H25F2N5O4/c1-3-4-5-13(27)11-26-17(22)14(10-24-26)18(28)25-23-9-12-6-7-15(30-19(20)21)16(8-12)29-2/h6-10,13,19,27H,3-5,11,22H2,1-2H3,(H,25,28)/b23-9-. The summed E-state index contributed by atoms with van der Waals surface area (Å²) in [6.07, 6.45) is 4.46. The van der Waals surface area contributed by atoms with Gasteiger partial charge in [-0.25, -0.2) is 10.1 Å². The first kappa shape index (κ1) is 23.1. The van der Waals surface area contributed by atoms with Crippen molar-refractivity contribution in [2.45, 2.75) is 45.4 Å². The van der Waals surface area contributed by atoms with Crippen LogP contribution in [0.4, 0.5) is 14.6 Å². The van der Waals surface area contributed by atoms with Crippen LogP contribution in [0.2, 0.25) is 0 Å². The Labute approximate surface area is 172 Å². The van der Waals surface area contributed by atoms with Crippen molar-refractivity contribution in [3.63, 3.8) is 0 Å². The number of carbonyl (C=O) groups is 1. The van der Waals surface area contributed by atoms with Crippen molar-refractivity contribution < 1.29 is 28.2 Å². The number of nitrogens with two attached hydrogens (primary N) is 1. The molecule has 164 valence electrons. The predicted octanol–water partition coefficient (Wildman–Crippen LogP) is 2.39. The molecule has 11 heteroatoms. The second-order valence-corrected chi connectivity index (χ2v) is 6.41. The van der Waals surface area contributed by atoms with Crippen molar-refractivity contribution in [2.24, 2.45) is 5.10 Å². The molecule has 0 saturated carbocycles. The van der Waals surface area contributed by atoms with E-state index in [1.54, 1.807) is 0 Å². The molecular weight excluding hydrogens is 400 g/mol. The van der Waals surface area contributed by atoms with E-state index in [0.717, 1.165) is 12.8 Å². The number of methoxy groups -OCH3 is 1. The molecule has 0 bridgehead atoms. The fourth-order valence-corrected chi connectivity index (χ4v) is 2.63. The first-order valence-corrected chi connectivity index (χ1v) is 9.31. The van der Waals surface area contributed by atoms with Crippen molar-refractivity contribution in [2.75, 3.05) is 12.8 Å². The minimum absolute atomic E-state index is 0.0951. The number of nitrogens with one attached hydrogen (secondary N) is 1.